The first-order chi connectivity index (χ1) is 9.19. The molecule has 1 N–H and O–H groups in total. The minimum Gasteiger partial charge on any atom is -0.468 e. The first kappa shape index (κ1) is 18.4. The Balaban J connectivity index is 4.37. The summed E-state index contributed by atoms with van der Waals surface area (Å²) in [5.74, 6) is -0.147. The lowest BCUT2D eigenvalue weighted by molar-refractivity contribution is -0.143. The molecule has 4 nitrogen and oxygen atoms in total. The van der Waals surface area contributed by atoms with E-state index in [2.05, 4.69) is 31.0 Å². The van der Waals surface area contributed by atoms with Crippen molar-refractivity contribution >= 4 is 5.97 Å². The summed E-state index contributed by atoms with van der Waals surface area (Å²) >= 11 is 0. The zero-order valence-electron chi connectivity index (χ0n) is 13.2. The molecule has 0 spiro atoms. The fourth-order valence-corrected chi connectivity index (χ4v) is 2.00. The molecule has 1 atom stereocenters. The molecule has 0 saturated heterocycles. The van der Waals surface area contributed by atoms with E-state index in [9.17, 15) is 4.79 Å². The van der Waals surface area contributed by atoms with Crippen molar-refractivity contribution in [3.8, 4) is 0 Å². The van der Waals surface area contributed by atoms with E-state index in [1.165, 1.54) is 32.8 Å². The van der Waals surface area contributed by atoms with Gasteiger partial charge in [-0.3, -0.25) is 4.79 Å². The molecule has 0 aromatic rings. The van der Waals surface area contributed by atoms with E-state index in [1.54, 1.807) is 0 Å². The van der Waals surface area contributed by atoms with E-state index >= 15 is 0 Å². The third kappa shape index (κ3) is 9.00. The van der Waals surface area contributed by atoms with E-state index < -0.39 is 0 Å². The first-order valence-corrected chi connectivity index (χ1v) is 7.73. The van der Waals surface area contributed by atoms with Crippen LogP contribution in [0.5, 0.6) is 0 Å². The van der Waals surface area contributed by atoms with Gasteiger partial charge in [0.15, 0.2) is 0 Å². The smallest absolute Gasteiger partial charge is 0.324 e. The minimum atomic E-state index is -0.196. The number of esters is 1. The summed E-state index contributed by atoms with van der Waals surface area (Å²) in [7, 11) is 1.46. The summed E-state index contributed by atoms with van der Waals surface area (Å²) in [5.41, 5.74) is 0. The maximum Gasteiger partial charge on any atom is 0.324 e. The lowest BCUT2D eigenvalue weighted by atomic mass is 10.2. The number of hydrogen-bond acceptors (Lipinski definition) is 4. The van der Waals surface area contributed by atoms with Crippen LogP contribution in [0.2, 0.25) is 0 Å². The van der Waals surface area contributed by atoms with Crippen LogP contribution in [0.15, 0.2) is 0 Å². The van der Waals surface area contributed by atoms with E-state index in [-0.39, 0.29) is 12.0 Å². The molecular weight excluding hydrogens is 240 g/mol. The number of nitrogens with zero attached hydrogens (tertiary/aromatic N) is 1. The molecule has 0 rings (SSSR count). The third-order valence-electron chi connectivity index (χ3n) is 3.22. The Morgan fingerprint density at radius 2 is 1.68 bits per heavy atom. The van der Waals surface area contributed by atoms with Crippen LogP contribution in [0.4, 0.5) is 0 Å². The van der Waals surface area contributed by atoms with Gasteiger partial charge in [-0.05, 0) is 38.9 Å². The number of unbranched alkanes of at least 4 members (excludes halogenated alkanes) is 2. The number of nitrogens with one attached hydrogen (secondary N) is 1. The molecule has 0 fully saturated rings. The van der Waals surface area contributed by atoms with Crippen LogP contribution >= 0.6 is 0 Å². The van der Waals surface area contributed by atoms with Crippen molar-refractivity contribution in [2.24, 2.45) is 0 Å². The topological polar surface area (TPSA) is 41.6 Å². The van der Waals surface area contributed by atoms with Crippen LogP contribution < -0.4 is 5.32 Å². The summed E-state index contributed by atoms with van der Waals surface area (Å²) in [6, 6.07) is -0.196. The van der Waals surface area contributed by atoms with Gasteiger partial charge in [0.1, 0.15) is 6.04 Å². The summed E-state index contributed by atoms with van der Waals surface area (Å²) in [5, 5.41) is 3.29. The monoisotopic (exact) mass is 272 g/mol. The third-order valence-corrected chi connectivity index (χ3v) is 3.22. The van der Waals surface area contributed by atoms with E-state index in [0.717, 1.165) is 32.6 Å². The standard InChI is InChI=1S/C15H32N2O2/c1-5-8-11-17(12-9-6-2)13-14(15(18)19-4)16-10-7-3/h14,16H,5-13H2,1-4H3. The molecule has 0 aromatic heterocycles. The first-order valence-electron chi connectivity index (χ1n) is 7.73. The lowest BCUT2D eigenvalue weighted by Gasteiger charge is -2.26. The molecule has 0 heterocycles. The van der Waals surface area contributed by atoms with Gasteiger partial charge in [0.2, 0.25) is 0 Å². The molecule has 0 aromatic carbocycles. The Kier molecular flexibility index (Phi) is 12.0. The second-order valence-electron chi connectivity index (χ2n) is 5.04. The van der Waals surface area contributed by atoms with Gasteiger partial charge in [-0.1, -0.05) is 33.6 Å². The van der Waals surface area contributed by atoms with Crippen molar-refractivity contribution in [3.05, 3.63) is 0 Å². The molecule has 0 aliphatic carbocycles. The highest BCUT2D eigenvalue weighted by Crippen LogP contribution is 2.02. The maximum atomic E-state index is 11.8. The lowest BCUT2D eigenvalue weighted by Crippen LogP contribution is -2.47. The normalized spacial score (nSPS) is 12.7. The van der Waals surface area contributed by atoms with Crippen molar-refractivity contribution in [3.63, 3.8) is 0 Å². The molecule has 0 aliphatic heterocycles. The molecule has 114 valence electrons. The zero-order chi connectivity index (χ0) is 14.5. The van der Waals surface area contributed by atoms with Crippen molar-refractivity contribution in [1.29, 1.82) is 0 Å². The van der Waals surface area contributed by atoms with Crippen LogP contribution in [0.3, 0.4) is 0 Å². The number of carbonyl (C=O) groups is 1. The Labute approximate surface area is 118 Å². The van der Waals surface area contributed by atoms with Crippen molar-refractivity contribution < 1.29 is 9.53 Å². The molecule has 0 bridgehead atoms. The molecule has 0 saturated carbocycles. The van der Waals surface area contributed by atoms with Gasteiger partial charge in [-0.25, -0.2) is 0 Å². The summed E-state index contributed by atoms with van der Waals surface area (Å²) in [6.07, 6.45) is 5.77. The van der Waals surface area contributed by atoms with Crippen molar-refractivity contribution in [2.45, 2.75) is 58.9 Å². The largest absolute Gasteiger partial charge is 0.468 e. The fraction of sp³-hybridized carbons (Fsp3) is 0.933. The SMILES string of the molecule is CCCCN(CCCC)CC(NCCC)C(=O)OC. The van der Waals surface area contributed by atoms with Crippen LogP contribution in [0.1, 0.15) is 52.9 Å². The average molecular weight is 272 g/mol. The average Bonchev–Trinajstić information content (AvgIpc) is 2.44. The molecule has 4 heteroatoms. The van der Waals surface area contributed by atoms with Crippen LogP contribution in [-0.2, 0) is 9.53 Å². The van der Waals surface area contributed by atoms with Gasteiger partial charge in [0.25, 0.3) is 0 Å². The Morgan fingerprint density at radius 3 is 2.11 bits per heavy atom. The number of ether oxygens (including phenoxy) is 1. The predicted molar refractivity (Wildman–Crippen MR) is 80.4 cm³/mol. The van der Waals surface area contributed by atoms with Gasteiger partial charge >= 0.3 is 5.97 Å². The Bertz CT molecular complexity index is 214. The van der Waals surface area contributed by atoms with Crippen molar-refractivity contribution in [1.82, 2.24) is 10.2 Å². The Hall–Kier alpha value is -0.610. The van der Waals surface area contributed by atoms with Crippen LogP contribution in [0, 0.1) is 0 Å². The summed E-state index contributed by atoms with van der Waals surface area (Å²) < 4.78 is 4.89. The van der Waals surface area contributed by atoms with Gasteiger partial charge in [0.05, 0.1) is 7.11 Å². The van der Waals surface area contributed by atoms with E-state index in [1.807, 2.05) is 0 Å². The molecule has 19 heavy (non-hydrogen) atoms. The van der Waals surface area contributed by atoms with Crippen molar-refractivity contribution in [2.75, 3.05) is 33.3 Å². The van der Waals surface area contributed by atoms with Crippen LogP contribution in [0.25, 0.3) is 0 Å². The highest BCUT2D eigenvalue weighted by Gasteiger charge is 2.21. The summed E-state index contributed by atoms with van der Waals surface area (Å²) in [4.78, 5) is 14.2. The quantitative estimate of drug-likeness (QED) is 0.554. The highest BCUT2D eigenvalue weighted by atomic mass is 16.5. The Morgan fingerprint density at radius 1 is 1.11 bits per heavy atom. The number of hydrogen-bond donors (Lipinski definition) is 1. The second-order valence-corrected chi connectivity index (χ2v) is 5.04. The number of rotatable bonds is 12. The van der Waals surface area contributed by atoms with E-state index in [0.29, 0.717) is 0 Å². The molecule has 0 amide bonds. The van der Waals surface area contributed by atoms with E-state index in [4.69, 9.17) is 4.74 Å². The fourth-order valence-electron chi connectivity index (χ4n) is 2.00. The van der Waals surface area contributed by atoms with Crippen LogP contribution in [-0.4, -0.2) is 50.2 Å². The summed E-state index contributed by atoms with van der Waals surface area (Å²) in [6.45, 7) is 10.3. The van der Waals surface area contributed by atoms with Gasteiger partial charge < -0.3 is 15.0 Å². The molecule has 1 unspecified atom stereocenters. The second kappa shape index (κ2) is 12.4. The maximum absolute atomic E-state index is 11.8. The van der Waals surface area contributed by atoms with Gasteiger partial charge in [-0.2, -0.15) is 0 Å². The minimum absolute atomic E-state index is 0.147. The molecule has 0 aliphatic rings. The van der Waals surface area contributed by atoms with Gasteiger partial charge in [-0.15, -0.1) is 0 Å². The molecular formula is C15H32N2O2. The number of carbonyl (C=O) groups excluding carboxylic acids is 1. The molecule has 0 radical (unpaired) electrons. The number of methoxy groups -OCH3 is 1. The van der Waals surface area contributed by atoms with Gasteiger partial charge in [0, 0.05) is 6.54 Å². The highest BCUT2D eigenvalue weighted by molar-refractivity contribution is 5.75. The predicted octanol–water partition coefficient (Wildman–Crippen LogP) is 2.43. The zero-order valence-corrected chi connectivity index (χ0v) is 13.2.